The first kappa shape index (κ1) is 18.5. The molecule has 0 radical (unpaired) electrons. The molecule has 1 aromatic carbocycles. The first-order valence-corrected chi connectivity index (χ1v) is 8.05. The number of benzene rings is 1. The molecule has 2 N–H and O–H groups in total. The number of ether oxygens (including phenoxy) is 3. The van der Waals surface area contributed by atoms with Gasteiger partial charge in [0.25, 0.3) is 0 Å². The maximum atomic E-state index is 12.4. The van der Waals surface area contributed by atoms with Crippen molar-refractivity contribution < 1.29 is 19.0 Å². The molecule has 0 spiro atoms. The lowest BCUT2D eigenvalue weighted by Gasteiger charge is -2.30. The smallest absolute Gasteiger partial charge is 0.338 e. The molecule has 0 fully saturated rings. The van der Waals surface area contributed by atoms with Gasteiger partial charge < -0.3 is 24.8 Å². The predicted molar refractivity (Wildman–Crippen MR) is 95.0 cm³/mol. The van der Waals surface area contributed by atoms with Crippen LogP contribution in [0.3, 0.4) is 0 Å². The second kappa shape index (κ2) is 8.35. The fraction of sp³-hybridized carbons (Fsp3) is 0.353. The van der Waals surface area contributed by atoms with Gasteiger partial charge >= 0.3 is 5.97 Å². The van der Waals surface area contributed by atoms with Gasteiger partial charge in [0, 0.05) is 5.70 Å². The summed E-state index contributed by atoms with van der Waals surface area (Å²) in [5.41, 5.74) is 1.84. The molecule has 132 valence electrons. The number of hydrogen-bond donors (Lipinski definition) is 2. The van der Waals surface area contributed by atoms with E-state index in [0.717, 1.165) is 5.56 Å². The monoisotopic (exact) mass is 361 g/mol. The van der Waals surface area contributed by atoms with Crippen LogP contribution in [0, 0.1) is 11.3 Å². The van der Waals surface area contributed by atoms with Gasteiger partial charge in [0.15, 0.2) is 23.2 Å². The van der Waals surface area contributed by atoms with Crippen molar-refractivity contribution in [1.29, 1.82) is 5.26 Å². The Morgan fingerprint density at radius 3 is 2.80 bits per heavy atom. The highest BCUT2D eigenvalue weighted by molar-refractivity contribution is 7.80. The fourth-order valence-electron chi connectivity index (χ4n) is 2.52. The van der Waals surface area contributed by atoms with E-state index in [1.54, 1.807) is 32.0 Å². The first-order chi connectivity index (χ1) is 12.0. The summed E-state index contributed by atoms with van der Waals surface area (Å²) in [6, 6.07) is 6.65. The second-order valence-corrected chi connectivity index (χ2v) is 5.56. The molecule has 1 heterocycles. The van der Waals surface area contributed by atoms with Gasteiger partial charge in [0.1, 0.15) is 6.07 Å². The van der Waals surface area contributed by atoms with E-state index in [4.69, 9.17) is 31.7 Å². The Hall–Kier alpha value is -2.79. The van der Waals surface area contributed by atoms with E-state index in [0.29, 0.717) is 27.9 Å². The minimum atomic E-state index is -0.480. The molecule has 0 amide bonds. The van der Waals surface area contributed by atoms with Crippen molar-refractivity contribution in [2.45, 2.75) is 19.9 Å². The van der Waals surface area contributed by atoms with E-state index in [1.807, 2.05) is 6.07 Å². The summed E-state index contributed by atoms with van der Waals surface area (Å²) in [7, 11) is 1.51. The second-order valence-electron chi connectivity index (χ2n) is 5.15. The lowest BCUT2D eigenvalue weighted by atomic mass is 9.95. The van der Waals surface area contributed by atoms with Gasteiger partial charge in [-0.25, -0.2) is 4.79 Å². The topological polar surface area (TPSA) is 92.6 Å². The number of thiocarbonyl (C=S) groups is 1. The van der Waals surface area contributed by atoms with Crippen LogP contribution in [0.25, 0.3) is 0 Å². The van der Waals surface area contributed by atoms with Gasteiger partial charge in [-0.3, -0.25) is 0 Å². The molecular formula is C17H19N3O4S. The Labute approximate surface area is 151 Å². The first-order valence-electron chi connectivity index (χ1n) is 7.64. The number of nitrogens with one attached hydrogen (secondary N) is 2. The SMILES string of the molecule is CCOC(=O)C1=C(C)NC(=S)N[C@H]1c1ccc(OCC#N)c(OC)c1. The molecule has 25 heavy (non-hydrogen) atoms. The number of nitriles is 1. The lowest BCUT2D eigenvalue weighted by Crippen LogP contribution is -2.45. The molecule has 2 rings (SSSR count). The number of methoxy groups -OCH3 is 1. The number of esters is 1. The molecular weight excluding hydrogens is 342 g/mol. The standard InChI is InChI=1S/C17H19N3O4S/c1-4-23-16(21)14-10(2)19-17(25)20-15(14)11-5-6-12(24-8-7-18)13(9-11)22-3/h5-6,9,15H,4,8H2,1-3H3,(H2,19,20,25)/t15-/m0/s1. The van der Waals surface area contributed by atoms with E-state index in [1.165, 1.54) is 7.11 Å². The predicted octanol–water partition coefficient (Wildman–Crippen LogP) is 1.95. The summed E-state index contributed by atoms with van der Waals surface area (Å²) in [6.45, 7) is 3.71. The maximum absolute atomic E-state index is 12.4. The zero-order valence-electron chi connectivity index (χ0n) is 14.2. The molecule has 1 aromatic rings. The lowest BCUT2D eigenvalue weighted by molar-refractivity contribution is -0.139. The van der Waals surface area contributed by atoms with E-state index in [9.17, 15) is 4.79 Å². The van der Waals surface area contributed by atoms with Gasteiger partial charge in [0.05, 0.1) is 25.3 Å². The van der Waals surface area contributed by atoms with Crippen molar-refractivity contribution in [3.63, 3.8) is 0 Å². The fourth-order valence-corrected chi connectivity index (χ4v) is 2.79. The molecule has 0 aromatic heterocycles. The summed E-state index contributed by atoms with van der Waals surface area (Å²) in [4.78, 5) is 12.4. The molecule has 0 bridgehead atoms. The zero-order valence-corrected chi connectivity index (χ0v) is 15.0. The molecule has 1 atom stereocenters. The van der Waals surface area contributed by atoms with Crippen LogP contribution < -0.4 is 20.1 Å². The van der Waals surface area contributed by atoms with Crippen molar-refractivity contribution in [1.82, 2.24) is 10.6 Å². The third-order valence-corrected chi connectivity index (χ3v) is 3.80. The number of nitrogens with zero attached hydrogens (tertiary/aromatic N) is 1. The highest BCUT2D eigenvalue weighted by atomic mass is 32.1. The Morgan fingerprint density at radius 1 is 1.40 bits per heavy atom. The van der Waals surface area contributed by atoms with E-state index >= 15 is 0 Å². The number of rotatable bonds is 6. The summed E-state index contributed by atoms with van der Waals surface area (Å²) in [5.74, 6) is 0.485. The molecule has 1 aliphatic rings. The summed E-state index contributed by atoms with van der Waals surface area (Å²) >= 11 is 5.21. The van der Waals surface area contributed by atoms with Crippen molar-refractivity contribution in [3.05, 3.63) is 35.0 Å². The molecule has 0 saturated carbocycles. The maximum Gasteiger partial charge on any atom is 0.338 e. The van der Waals surface area contributed by atoms with Crippen molar-refractivity contribution >= 4 is 23.3 Å². The van der Waals surface area contributed by atoms with Crippen molar-refractivity contribution in [3.8, 4) is 17.6 Å². The molecule has 7 nitrogen and oxygen atoms in total. The Balaban J connectivity index is 2.43. The van der Waals surface area contributed by atoms with Crippen LogP contribution in [-0.4, -0.2) is 31.4 Å². The summed E-state index contributed by atoms with van der Waals surface area (Å²) < 4.78 is 15.8. The quantitative estimate of drug-likeness (QED) is 0.587. The average Bonchev–Trinajstić information content (AvgIpc) is 2.59. The van der Waals surface area contributed by atoms with Gasteiger partial charge in [-0.2, -0.15) is 5.26 Å². The van der Waals surface area contributed by atoms with Crippen LogP contribution >= 0.6 is 12.2 Å². The van der Waals surface area contributed by atoms with Crippen molar-refractivity contribution in [2.75, 3.05) is 20.3 Å². The zero-order chi connectivity index (χ0) is 18.4. The van der Waals surface area contributed by atoms with Crippen LogP contribution in [0.5, 0.6) is 11.5 Å². The molecule has 1 aliphatic heterocycles. The molecule has 0 unspecified atom stereocenters. The summed E-state index contributed by atoms with van der Waals surface area (Å²) in [6.07, 6.45) is 0. The van der Waals surface area contributed by atoms with E-state index in [2.05, 4.69) is 10.6 Å². The van der Waals surface area contributed by atoms with Gasteiger partial charge in [-0.15, -0.1) is 0 Å². The number of allylic oxidation sites excluding steroid dienone is 1. The number of hydrogen-bond acceptors (Lipinski definition) is 6. The Morgan fingerprint density at radius 2 is 2.16 bits per heavy atom. The molecule has 0 saturated heterocycles. The van der Waals surface area contributed by atoms with Gasteiger partial charge in [0.2, 0.25) is 0 Å². The Bertz CT molecular complexity index is 755. The van der Waals surface area contributed by atoms with Crippen LogP contribution in [0.15, 0.2) is 29.5 Å². The van der Waals surface area contributed by atoms with Crippen LogP contribution in [0.2, 0.25) is 0 Å². The van der Waals surface area contributed by atoms with Gasteiger partial charge in [-0.1, -0.05) is 6.07 Å². The average molecular weight is 361 g/mol. The third kappa shape index (κ3) is 4.19. The summed E-state index contributed by atoms with van der Waals surface area (Å²) in [5, 5.41) is 15.1. The van der Waals surface area contributed by atoms with Crippen LogP contribution in [-0.2, 0) is 9.53 Å². The molecule has 0 aliphatic carbocycles. The normalized spacial score (nSPS) is 16.4. The largest absolute Gasteiger partial charge is 0.493 e. The van der Waals surface area contributed by atoms with Crippen LogP contribution in [0.4, 0.5) is 0 Å². The minimum absolute atomic E-state index is 0.0848. The van der Waals surface area contributed by atoms with Crippen molar-refractivity contribution in [2.24, 2.45) is 0 Å². The van der Waals surface area contributed by atoms with E-state index in [-0.39, 0.29) is 13.2 Å². The number of carbonyl (C=O) groups is 1. The number of carbonyl (C=O) groups excluding carboxylic acids is 1. The minimum Gasteiger partial charge on any atom is -0.493 e. The highest BCUT2D eigenvalue weighted by Crippen LogP contribution is 2.34. The third-order valence-electron chi connectivity index (χ3n) is 3.58. The van der Waals surface area contributed by atoms with Crippen LogP contribution in [0.1, 0.15) is 25.5 Å². The van der Waals surface area contributed by atoms with E-state index < -0.39 is 12.0 Å². The Kier molecular flexibility index (Phi) is 6.19. The molecule has 8 heteroatoms. The van der Waals surface area contributed by atoms with Gasteiger partial charge in [-0.05, 0) is 43.8 Å². The highest BCUT2D eigenvalue weighted by Gasteiger charge is 2.31.